The van der Waals surface area contributed by atoms with Crippen molar-refractivity contribution >= 4 is 12.0 Å². The van der Waals surface area contributed by atoms with Gasteiger partial charge < -0.3 is 4.74 Å². The number of benzene rings is 3. The molecule has 0 aliphatic heterocycles. The zero-order valence-electron chi connectivity index (χ0n) is 13.9. The quantitative estimate of drug-likeness (QED) is 0.590. The van der Waals surface area contributed by atoms with Crippen molar-refractivity contribution in [2.45, 2.75) is 5.92 Å². The highest BCUT2D eigenvalue weighted by Gasteiger charge is 2.23. The fraction of sp³-hybridized carbons (Fsp3) is 0.0870. The number of rotatable bonds is 6. The highest BCUT2D eigenvalue weighted by atomic mass is 16.5. The molecule has 0 saturated carbocycles. The first-order valence-corrected chi connectivity index (χ1v) is 8.33. The Balaban J connectivity index is 1.71. The van der Waals surface area contributed by atoms with Crippen LogP contribution in [-0.4, -0.2) is 12.6 Å². The van der Waals surface area contributed by atoms with E-state index in [0.29, 0.717) is 0 Å². The van der Waals surface area contributed by atoms with Crippen molar-refractivity contribution in [3.63, 3.8) is 0 Å². The second-order valence-electron chi connectivity index (χ2n) is 5.70. The van der Waals surface area contributed by atoms with Crippen molar-refractivity contribution in [3.8, 4) is 0 Å². The van der Waals surface area contributed by atoms with E-state index in [1.165, 1.54) is 0 Å². The van der Waals surface area contributed by atoms with Crippen LogP contribution in [0.2, 0.25) is 0 Å². The van der Waals surface area contributed by atoms with Crippen molar-refractivity contribution in [2.75, 3.05) is 6.61 Å². The first kappa shape index (κ1) is 16.7. The SMILES string of the molecule is O=C(OCC=Cc1ccccc1)C(c1ccccc1)c1ccccc1. The second-order valence-corrected chi connectivity index (χ2v) is 5.70. The van der Waals surface area contributed by atoms with Crippen LogP contribution < -0.4 is 0 Å². The van der Waals surface area contributed by atoms with Crippen molar-refractivity contribution in [1.82, 2.24) is 0 Å². The van der Waals surface area contributed by atoms with Gasteiger partial charge in [-0.3, -0.25) is 4.79 Å². The minimum atomic E-state index is -0.410. The maximum atomic E-state index is 12.7. The molecule has 0 aromatic heterocycles. The normalized spacial score (nSPS) is 10.9. The van der Waals surface area contributed by atoms with Gasteiger partial charge in [-0.25, -0.2) is 0 Å². The Bertz CT molecular complexity index is 769. The molecule has 0 saturated heterocycles. The smallest absolute Gasteiger partial charge is 0.318 e. The van der Waals surface area contributed by atoms with E-state index in [0.717, 1.165) is 16.7 Å². The van der Waals surface area contributed by atoms with Crippen molar-refractivity contribution < 1.29 is 9.53 Å². The van der Waals surface area contributed by atoms with E-state index in [4.69, 9.17) is 4.74 Å². The predicted molar refractivity (Wildman–Crippen MR) is 101 cm³/mol. The molecule has 0 unspecified atom stereocenters. The Hall–Kier alpha value is -3.13. The summed E-state index contributed by atoms with van der Waals surface area (Å²) in [6, 6.07) is 29.4. The van der Waals surface area contributed by atoms with E-state index in [9.17, 15) is 4.79 Å². The molecule has 124 valence electrons. The minimum absolute atomic E-state index is 0.241. The number of hydrogen-bond acceptors (Lipinski definition) is 2. The zero-order chi connectivity index (χ0) is 17.3. The molecule has 2 nitrogen and oxygen atoms in total. The van der Waals surface area contributed by atoms with E-state index in [1.807, 2.05) is 103 Å². The van der Waals surface area contributed by atoms with Gasteiger partial charge in [0.05, 0.1) is 0 Å². The van der Waals surface area contributed by atoms with E-state index in [-0.39, 0.29) is 12.6 Å². The Kier molecular flexibility index (Phi) is 5.78. The summed E-state index contributed by atoms with van der Waals surface area (Å²) in [5.74, 6) is -0.650. The van der Waals surface area contributed by atoms with Crippen LogP contribution in [-0.2, 0) is 9.53 Å². The standard InChI is InChI=1S/C23H20O2/c24-23(25-18-10-13-19-11-4-1-5-12-19)22(20-14-6-2-7-15-20)21-16-8-3-9-17-21/h1-17,22H,18H2. The minimum Gasteiger partial charge on any atom is -0.461 e. The van der Waals surface area contributed by atoms with Gasteiger partial charge in [0.2, 0.25) is 0 Å². The van der Waals surface area contributed by atoms with Crippen LogP contribution in [0, 0.1) is 0 Å². The van der Waals surface area contributed by atoms with E-state index >= 15 is 0 Å². The molecule has 0 N–H and O–H groups in total. The van der Waals surface area contributed by atoms with Crippen molar-refractivity contribution in [3.05, 3.63) is 114 Å². The van der Waals surface area contributed by atoms with E-state index < -0.39 is 5.92 Å². The summed E-state index contributed by atoms with van der Waals surface area (Å²) >= 11 is 0. The van der Waals surface area contributed by atoms with Crippen LogP contribution in [0.4, 0.5) is 0 Å². The Morgan fingerprint density at radius 1 is 0.760 bits per heavy atom. The average Bonchev–Trinajstić information content (AvgIpc) is 2.68. The van der Waals surface area contributed by atoms with Gasteiger partial charge in [-0.05, 0) is 22.8 Å². The Labute approximate surface area is 148 Å². The highest BCUT2D eigenvalue weighted by Crippen LogP contribution is 2.25. The van der Waals surface area contributed by atoms with Crippen LogP contribution in [0.1, 0.15) is 22.6 Å². The van der Waals surface area contributed by atoms with Crippen LogP contribution >= 0.6 is 0 Å². The summed E-state index contributed by atoms with van der Waals surface area (Å²) in [5, 5.41) is 0. The topological polar surface area (TPSA) is 26.3 Å². The molecular weight excluding hydrogens is 308 g/mol. The van der Waals surface area contributed by atoms with Gasteiger partial charge in [0.1, 0.15) is 12.5 Å². The van der Waals surface area contributed by atoms with Crippen LogP contribution in [0.5, 0.6) is 0 Å². The molecule has 3 rings (SSSR count). The lowest BCUT2D eigenvalue weighted by Gasteiger charge is -2.16. The lowest BCUT2D eigenvalue weighted by atomic mass is 9.91. The summed E-state index contributed by atoms with van der Waals surface area (Å²) < 4.78 is 5.51. The third-order valence-corrected chi connectivity index (χ3v) is 3.93. The summed E-state index contributed by atoms with van der Waals surface area (Å²) in [4.78, 5) is 12.7. The molecule has 0 radical (unpaired) electrons. The monoisotopic (exact) mass is 328 g/mol. The number of ether oxygens (including phenoxy) is 1. The molecule has 25 heavy (non-hydrogen) atoms. The van der Waals surface area contributed by atoms with Crippen LogP contribution in [0.25, 0.3) is 6.08 Å². The molecule has 0 heterocycles. The van der Waals surface area contributed by atoms with Gasteiger partial charge in [-0.1, -0.05) is 97.1 Å². The lowest BCUT2D eigenvalue weighted by molar-refractivity contribution is -0.143. The molecule has 3 aromatic rings. The molecule has 3 aromatic carbocycles. The van der Waals surface area contributed by atoms with Gasteiger partial charge in [0, 0.05) is 0 Å². The molecule has 0 bridgehead atoms. The molecule has 0 amide bonds. The maximum absolute atomic E-state index is 12.7. The van der Waals surface area contributed by atoms with Crippen LogP contribution in [0.3, 0.4) is 0 Å². The highest BCUT2D eigenvalue weighted by molar-refractivity contribution is 5.82. The summed E-state index contributed by atoms with van der Waals surface area (Å²) in [5.41, 5.74) is 2.96. The molecule has 2 heteroatoms. The molecule has 0 fully saturated rings. The second kappa shape index (κ2) is 8.65. The first-order valence-electron chi connectivity index (χ1n) is 8.33. The van der Waals surface area contributed by atoms with Gasteiger partial charge >= 0.3 is 5.97 Å². The van der Waals surface area contributed by atoms with E-state index in [2.05, 4.69) is 0 Å². The van der Waals surface area contributed by atoms with Crippen molar-refractivity contribution in [2.24, 2.45) is 0 Å². The average molecular weight is 328 g/mol. The lowest BCUT2D eigenvalue weighted by Crippen LogP contribution is -2.17. The summed E-state index contributed by atoms with van der Waals surface area (Å²) in [6.45, 7) is 0.254. The third-order valence-electron chi connectivity index (χ3n) is 3.93. The summed E-state index contributed by atoms with van der Waals surface area (Å²) in [6.07, 6.45) is 3.81. The number of carbonyl (C=O) groups excluding carboxylic acids is 1. The van der Waals surface area contributed by atoms with Gasteiger partial charge in [0.15, 0.2) is 0 Å². The molecular formula is C23H20O2. The fourth-order valence-corrected chi connectivity index (χ4v) is 2.72. The largest absolute Gasteiger partial charge is 0.461 e. The van der Waals surface area contributed by atoms with E-state index in [1.54, 1.807) is 0 Å². The van der Waals surface area contributed by atoms with Gasteiger partial charge in [0.25, 0.3) is 0 Å². The molecule has 0 aliphatic carbocycles. The number of hydrogen-bond donors (Lipinski definition) is 0. The Morgan fingerprint density at radius 3 is 1.76 bits per heavy atom. The van der Waals surface area contributed by atoms with Crippen molar-refractivity contribution in [1.29, 1.82) is 0 Å². The molecule has 0 aliphatic rings. The van der Waals surface area contributed by atoms with Gasteiger partial charge in [-0.2, -0.15) is 0 Å². The van der Waals surface area contributed by atoms with Gasteiger partial charge in [-0.15, -0.1) is 0 Å². The molecule has 0 atom stereocenters. The maximum Gasteiger partial charge on any atom is 0.318 e. The van der Waals surface area contributed by atoms with Crippen LogP contribution in [0.15, 0.2) is 97.1 Å². The summed E-state index contributed by atoms with van der Waals surface area (Å²) in [7, 11) is 0. The zero-order valence-corrected chi connectivity index (χ0v) is 13.9. The molecule has 0 spiro atoms. The predicted octanol–water partition coefficient (Wildman–Crippen LogP) is 5.08. The number of esters is 1. The first-order chi connectivity index (χ1) is 12.3. The third kappa shape index (κ3) is 4.67. The number of carbonyl (C=O) groups is 1. The fourth-order valence-electron chi connectivity index (χ4n) is 2.72. The Morgan fingerprint density at radius 2 is 1.24 bits per heavy atom.